The van der Waals surface area contributed by atoms with E-state index in [2.05, 4.69) is 47.5 Å². The average molecular weight is 371 g/mol. The molecule has 0 atom stereocenters. The number of aldehydes is 1. The van der Waals surface area contributed by atoms with E-state index >= 15 is 0 Å². The van der Waals surface area contributed by atoms with E-state index in [0.29, 0.717) is 11.6 Å². The molecule has 2 aromatic rings. The highest BCUT2D eigenvalue weighted by atomic mass is 127. The first-order valence-electron chi connectivity index (χ1n) is 5.81. The van der Waals surface area contributed by atoms with Crippen molar-refractivity contribution >= 4 is 40.2 Å². The molecule has 0 aliphatic heterocycles. The maximum absolute atomic E-state index is 11.1. The molecule has 0 amide bonds. The summed E-state index contributed by atoms with van der Waals surface area (Å²) in [5, 5.41) is 0.936. The third-order valence-electron chi connectivity index (χ3n) is 2.50. The van der Waals surface area contributed by atoms with Crippen molar-refractivity contribution in [2.75, 3.05) is 0 Å². The molecular weight excluding hydrogens is 357 g/mol. The van der Waals surface area contributed by atoms with Crippen LogP contribution >= 0.6 is 33.9 Å². The van der Waals surface area contributed by atoms with E-state index in [0.717, 1.165) is 28.2 Å². The predicted octanol–water partition coefficient (Wildman–Crippen LogP) is 4.43. The number of carbonyl (C=O) groups is 1. The summed E-state index contributed by atoms with van der Waals surface area (Å²) >= 11 is 3.91. The number of rotatable bonds is 4. The summed E-state index contributed by atoms with van der Waals surface area (Å²) in [7, 11) is 0. The third-order valence-corrected chi connectivity index (χ3v) is 4.32. The molecule has 1 aromatic heterocycles. The second-order valence-electron chi connectivity index (χ2n) is 4.55. The molecule has 1 heterocycles. The van der Waals surface area contributed by atoms with Gasteiger partial charge in [0.15, 0.2) is 6.29 Å². The summed E-state index contributed by atoms with van der Waals surface area (Å²) in [6.07, 6.45) is 1.78. The fourth-order valence-corrected chi connectivity index (χ4v) is 3.50. The van der Waals surface area contributed by atoms with E-state index in [1.54, 1.807) is 11.3 Å². The van der Waals surface area contributed by atoms with Crippen LogP contribution in [0.3, 0.4) is 0 Å². The fourth-order valence-electron chi connectivity index (χ4n) is 1.72. The zero-order valence-corrected chi connectivity index (χ0v) is 13.3. The predicted molar refractivity (Wildman–Crippen MR) is 84.2 cm³/mol. The van der Waals surface area contributed by atoms with Crippen molar-refractivity contribution in [3.05, 3.63) is 38.4 Å². The summed E-state index contributed by atoms with van der Waals surface area (Å²) in [5.74, 6) is 0.535. The van der Waals surface area contributed by atoms with Crippen LogP contribution in [0.2, 0.25) is 0 Å². The van der Waals surface area contributed by atoms with Crippen molar-refractivity contribution in [1.82, 2.24) is 4.98 Å². The summed E-state index contributed by atoms with van der Waals surface area (Å²) in [5.41, 5.74) is 1.69. The lowest BCUT2D eigenvalue weighted by atomic mass is 10.1. The topological polar surface area (TPSA) is 30.0 Å². The minimum absolute atomic E-state index is 0.535. The van der Waals surface area contributed by atoms with Crippen molar-refractivity contribution in [3.8, 4) is 10.6 Å². The van der Waals surface area contributed by atoms with Gasteiger partial charge in [-0.15, -0.1) is 11.3 Å². The smallest absolute Gasteiger partial charge is 0.169 e. The first-order chi connectivity index (χ1) is 8.60. The van der Waals surface area contributed by atoms with Crippen LogP contribution in [0.1, 0.15) is 29.2 Å². The first-order valence-corrected chi connectivity index (χ1v) is 7.70. The lowest BCUT2D eigenvalue weighted by Gasteiger charge is -2.00. The maximum atomic E-state index is 11.1. The van der Waals surface area contributed by atoms with Crippen LogP contribution < -0.4 is 0 Å². The van der Waals surface area contributed by atoms with Crippen LogP contribution in [-0.2, 0) is 6.42 Å². The fraction of sp³-hybridized carbons (Fsp3) is 0.286. The highest BCUT2D eigenvalue weighted by Crippen LogP contribution is 2.29. The van der Waals surface area contributed by atoms with Crippen LogP contribution in [0.4, 0.5) is 0 Å². The minimum Gasteiger partial charge on any atom is -0.296 e. The van der Waals surface area contributed by atoms with Gasteiger partial charge in [-0.2, -0.15) is 0 Å². The van der Waals surface area contributed by atoms with Gasteiger partial charge in [-0.05, 0) is 47.1 Å². The Hall–Kier alpha value is -0.750. The molecular formula is C14H14INOS. The Morgan fingerprint density at radius 1 is 1.44 bits per heavy atom. The van der Waals surface area contributed by atoms with Gasteiger partial charge in [0.05, 0.1) is 0 Å². The summed E-state index contributed by atoms with van der Waals surface area (Å²) in [6, 6.07) is 8.19. The zero-order valence-electron chi connectivity index (χ0n) is 10.3. The van der Waals surface area contributed by atoms with Crippen molar-refractivity contribution < 1.29 is 4.79 Å². The molecule has 0 spiro atoms. The van der Waals surface area contributed by atoms with Gasteiger partial charge in [0, 0.05) is 14.0 Å². The molecule has 1 aromatic carbocycles. The molecule has 0 saturated heterocycles. The van der Waals surface area contributed by atoms with Crippen molar-refractivity contribution in [2.45, 2.75) is 20.3 Å². The van der Waals surface area contributed by atoms with Gasteiger partial charge in [0.2, 0.25) is 0 Å². The quantitative estimate of drug-likeness (QED) is 0.588. The van der Waals surface area contributed by atoms with Gasteiger partial charge in [0.1, 0.15) is 10.7 Å². The SMILES string of the molecule is CC(C)Cc1sc(-c2cccc(I)c2)nc1C=O. The molecule has 94 valence electrons. The second-order valence-corrected chi connectivity index (χ2v) is 6.88. The van der Waals surface area contributed by atoms with E-state index in [9.17, 15) is 4.79 Å². The Balaban J connectivity index is 2.40. The van der Waals surface area contributed by atoms with Crippen LogP contribution in [0.25, 0.3) is 10.6 Å². The van der Waals surface area contributed by atoms with Crippen molar-refractivity contribution in [1.29, 1.82) is 0 Å². The maximum Gasteiger partial charge on any atom is 0.169 e. The summed E-state index contributed by atoms with van der Waals surface area (Å²) in [6.45, 7) is 4.30. The molecule has 0 aliphatic rings. The van der Waals surface area contributed by atoms with Gasteiger partial charge >= 0.3 is 0 Å². The van der Waals surface area contributed by atoms with E-state index in [1.165, 1.54) is 3.57 Å². The number of hydrogen-bond donors (Lipinski definition) is 0. The Bertz CT molecular complexity index is 563. The molecule has 0 fully saturated rings. The monoisotopic (exact) mass is 371 g/mol. The molecule has 0 saturated carbocycles. The molecule has 0 bridgehead atoms. The van der Waals surface area contributed by atoms with Gasteiger partial charge < -0.3 is 0 Å². The largest absolute Gasteiger partial charge is 0.296 e. The van der Waals surface area contributed by atoms with E-state index < -0.39 is 0 Å². The van der Waals surface area contributed by atoms with Crippen molar-refractivity contribution in [3.63, 3.8) is 0 Å². The summed E-state index contributed by atoms with van der Waals surface area (Å²) in [4.78, 5) is 16.6. The van der Waals surface area contributed by atoms with E-state index in [-0.39, 0.29) is 0 Å². The Kier molecular flexibility index (Phi) is 4.50. The van der Waals surface area contributed by atoms with Crippen LogP contribution in [0, 0.1) is 9.49 Å². The Labute approximate surface area is 125 Å². The van der Waals surface area contributed by atoms with Gasteiger partial charge in [-0.1, -0.05) is 26.0 Å². The lowest BCUT2D eigenvalue weighted by Crippen LogP contribution is -1.95. The van der Waals surface area contributed by atoms with Crippen LogP contribution in [0.5, 0.6) is 0 Å². The van der Waals surface area contributed by atoms with E-state index in [1.807, 2.05) is 18.2 Å². The van der Waals surface area contributed by atoms with Crippen LogP contribution in [-0.4, -0.2) is 11.3 Å². The number of nitrogens with zero attached hydrogens (tertiary/aromatic N) is 1. The summed E-state index contributed by atoms with van der Waals surface area (Å²) < 4.78 is 1.18. The second kappa shape index (κ2) is 5.93. The van der Waals surface area contributed by atoms with Crippen LogP contribution in [0.15, 0.2) is 24.3 Å². The number of hydrogen-bond acceptors (Lipinski definition) is 3. The standard InChI is InChI=1S/C14H14INOS/c1-9(2)6-13-12(8-17)16-14(18-13)10-4-3-5-11(15)7-10/h3-5,7-9H,6H2,1-2H3. The molecule has 0 aliphatic carbocycles. The first kappa shape index (κ1) is 13.7. The molecule has 0 radical (unpaired) electrons. The molecule has 0 N–H and O–H groups in total. The normalized spacial score (nSPS) is 10.9. The minimum atomic E-state index is 0.535. The molecule has 18 heavy (non-hydrogen) atoms. The van der Waals surface area contributed by atoms with Gasteiger partial charge in [0.25, 0.3) is 0 Å². The Morgan fingerprint density at radius 3 is 2.83 bits per heavy atom. The molecule has 2 nitrogen and oxygen atoms in total. The van der Waals surface area contributed by atoms with Gasteiger partial charge in [-0.25, -0.2) is 4.98 Å². The average Bonchev–Trinajstić information content (AvgIpc) is 2.71. The number of benzene rings is 1. The third kappa shape index (κ3) is 3.17. The number of halogens is 1. The van der Waals surface area contributed by atoms with Gasteiger partial charge in [-0.3, -0.25) is 4.79 Å². The highest BCUT2D eigenvalue weighted by molar-refractivity contribution is 14.1. The Morgan fingerprint density at radius 2 is 2.22 bits per heavy atom. The number of thiazole rings is 1. The lowest BCUT2D eigenvalue weighted by molar-refractivity contribution is 0.111. The number of aromatic nitrogens is 1. The molecule has 2 rings (SSSR count). The van der Waals surface area contributed by atoms with Crippen molar-refractivity contribution in [2.24, 2.45) is 5.92 Å². The zero-order chi connectivity index (χ0) is 13.1. The van der Waals surface area contributed by atoms with E-state index in [4.69, 9.17) is 0 Å². The molecule has 4 heteroatoms. The highest BCUT2D eigenvalue weighted by Gasteiger charge is 2.13. The number of carbonyl (C=O) groups excluding carboxylic acids is 1. The molecule has 0 unspecified atom stereocenters.